The van der Waals surface area contributed by atoms with Gasteiger partial charge in [0.25, 0.3) is 0 Å². The Balaban J connectivity index is 2.83. The number of hydrogen-bond acceptors (Lipinski definition) is 3. The molecule has 0 saturated carbocycles. The van der Waals surface area contributed by atoms with Crippen LogP contribution in [0.2, 0.25) is 5.02 Å². The van der Waals surface area contributed by atoms with Gasteiger partial charge in [0.05, 0.1) is 6.42 Å². The number of benzene rings is 1. The SMILES string of the molecule is O=C([O-])CC(=O)c1cccc(Cl)c1. The number of carbonyl (C=O) groups excluding carboxylic acids is 2. The minimum Gasteiger partial charge on any atom is -0.550 e. The summed E-state index contributed by atoms with van der Waals surface area (Å²) in [7, 11) is 0. The van der Waals surface area contributed by atoms with Crippen LogP contribution < -0.4 is 5.11 Å². The second kappa shape index (κ2) is 4.05. The molecule has 0 spiro atoms. The van der Waals surface area contributed by atoms with Crippen molar-refractivity contribution in [3.63, 3.8) is 0 Å². The number of ketones is 1. The lowest BCUT2D eigenvalue weighted by Crippen LogP contribution is -2.25. The fraction of sp³-hybridized carbons (Fsp3) is 0.111. The molecule has 3 nitrogen and oxygen atoms in total. The van der Waals surface area contributed by atoms with Gasteiger partial charge in [-0.05, 0) is 12.1 Å². The predicted molar refractivity (Wildman–Crippen MR) is 45.4 cm³/mol. The molecular formula is C9H6ClO3-. The van der Waals surface area contributed by atoms with Crippen molar-refractivity contribution >= 4 is 23.4 Å². The minimum atomic E-state index is -1.38. The van der Waals surface area contributed by atoms with Crippen molar-refractivity contribution in [2.24, 2.45) is 0 Å². The number of aliphatic carboxylic acids is 1. The van der Waals surface area contributed by atoms with E-state index in [1.807, 2.05) is 0 Å². The standard InChI is InChI=1S/C9H7ClO3/c10-7-3-1-2-6(4-7)8(11)5-9(12)13/h1-4H,5H2,(H,12,13)/p-1. The summed E-state index contributed by atoms with van der Waals surface area (Å²) in [4.78, 5) is 21.2. The second-order valence-corrected chi connectivity index (χ2v) is 2.92. The Hall–Kier alpha value is -1.35. The summed E-state index contributed by atoms with van der Waals surface area (Å²) in [5.74, 6) is -1.88. The summed E-state index contributed by atoms with van der Waals surface area (Å²) in [5.41, 5.74) is 0.289. The van der Waals surface area contributed by atoms with E-state index in [0.717, 1.165) is 0 Å². The van der Waals surface area contributed by atoms with E-state index in [1.54, 1.807) is 12.1 Å². The first-order chi connectivity index (χ1) is 6.09. The van der Waals surface area contributed by atoms with E-state index in [2.05, 4.69) is 0 Å². The summed E-state index contributed by atoms with van der Waals surface area (Å²) in [6.07, 6.45) is -0.611. The summed E-state index contributed by atoms with van der Waals surface area (Å²) >= 11 is 5.61. The third-order valence-corrected chi connectivity index (χ3v) is 1.69. The van der Waals surface area contributed by atoms with Crippen LogP contribution in [0, 0.1) is 0 Å². The van der Waals surface area contributed by atoms with Crippen molar-refractivity contribution < 1.29 is 14.7 Å². The molecule has 0 amide bonds. The van der Waals surface area contributed by atoms with Crippen LogP contribution in [0.1, 0.15) is 16.8 Å². The molecule has 1 aromatic carbocycles. The first-order valence-electron chi connectivity index (χ1n) is 3.58. The van der Waals surface area contributed by atoms with Crippen LogP contribution in [0.4, 0.5) is 0 Å². The minimum absolute atomic E-state index is 0.289. The Labute approximate surface area is 79.9 Å². The van der Waals surface area contributed by atoms with E-state index < -0.39 is 18.2 Å². The van der Waals surface area contributed by atoms with Crippen molar-refractivity contribution in [1.82, 2.24) is 0 Å². The zero-order valence-corrected chi connectivity index (χ0v) is 7.38. The smallest absolute Gasteiger partial charge is 0.168 e. The van der Waals surface area contributed by atoms with Gasteiger partial charge in [0, 0.05) is 16.6 Å². The molecule has 0 unspecified atom stereocenters. The molecule has 0 aliphatic rings. The first kappa shape index (κ1) is 9.74. The highest BCUT2D eigenvalue weighted by atomic mass is 35.5. The fourth-order valence-electron chi connectivity index (χ4n) is 0.895. The Morgan fingerprint density at radius 1 is 1.38 bits per heavy atom. The van der Waals surface area contributed by atoms with Gasteiger partial charge >= 0.3 is 0 Å². The van der Waals surface area contributed by atoms with Gasteiger partial charge in [0.15, 0.2) is 5.78 Å². The van der Waals surface area contributed by atoms with Crippen LogP contribution in [-0.2, 0) is 4.79 Å². The number of halogens is 1. The van der Waals surface area contributed by atoms with Gasteiger partial charge in [0.1, 0.15) is 0 Å². The quantitative estimate of drug-likeness (QED) is 0.529. The highest BCUT2D eigenvalue weighted by molar-refractivity contribution is 6.31. The van der Waals surface area contributed by atoms with Crippen LogP contribution in [0.3, 0.4) is 0 Å². The molecule has 0 heterocycles. The molecule has 0 aliphatic heterocycles. The van der Waals surface area contributed by atoms with Crippen LogP contribution in [-0.4, -0.2) is 11.8 Å². The maximum atomic E-state index is 11.1. The van der Waals surface area contributed by atoms with Crippen molar-refractivity contribution in [1.29, 1.82) is 0 Å². The van der Waals surface area contributed by atoms with Gasteiger partial charge in [-0.3, -0.25) is 4.79 Å². The number of carboxylic acids is 1. The van der Waals surface area contributed by atoms with E-state index in [0.29, 0.717) is 5.02 Å². The first-order valence-corrected chi connectivity index (χ1v) is 3.96. The predicted octanol–water partition coefficient (Wildman–Crippen LogP) is 0.663. The lowest BCUT2D eigenvalue weighted by atomic mass is 10.1. The lowest BCUT2D eigenvalue weighted by Gasteiger charge is -2.01. The monoisotopic (exact) mass is 197 g/mol. The summed E-state index contributed by atoms with van der Waals surface area (Å²) in [5, 5.41) is 10.5. The summed E-state index contributed by atoms with van der Waals surface area (Å²) in [6.45, 7) is 0. The Kier molecular flexibility index (Phi) is 3.03. The Bertz CT molecular complexity index is 346. The third-order valence-electron chi connectivity index (χ3n) is 1.45. The van der Waals surface area contributed by atoms with Gasteiger partial charge in [0.2, 0.25) is 0 Å². The van der Waals surface area contributed by atoms with E-state index >= 15 is 0 Å². The third kappa shape index (κ3) is 2.87. The summed E-state index contributed by atoms with van der Waals surface area (Å²) < 4.78 is 0. The van der Waals surface area contributed by atoms with Crippen LogP contribution in [0.15, 0.2) is 24.3 Å². The summed E-state index contributed by atoms with van der Waals surface area (Å²) in [6, 6.07) is 6.13. The fourth-order valence-corrected chi connectivity index (χ4v) is 1.09. The highest BCUT2D eigenvalue weighted by Crippen LogP contribution is 2.11. The van der Waals surface area contributed by atoms with E-state index in [4.69, 9.17) is 11.6 Å². The maximum Gasteiger partial charge on any atom is 0.168 e. The normalized spacial score (nSPS) is 9.62. The second-order valence-electron chi connectivity index (χ2n) is 2.48. The molecule has 1 rings (SSSR count). The van der Waals surface area contributed by atoms with Crippen molar-refractivity contribution in [2.45, 2.75) is 6.42 Å². The number of rotatable bonds is 3. The molecule has 0 radical (unpaired) electrons. The number of carboxylic acid groups (broad SMARTS) is 1. The zero-order valence-electron chi connectivity index (χ0n) is 6.62. The topological polar surface area (TPSA) is 57.2 Å². The Morgan fingerprint density at radius 2 is 2.08 bits per heavy atom. The molecule has 0 aromatic heterocycles. The van der Waals surface area contributed by atoms with Crippen LogP contribution in [0.5, 0.6) is 0 Å². The van der Waals surface area contributed by atoms with Gasteiger partial charge in [-0.2, -0.15) is 0 Å². The van der Waals surface area contributed by atoms with Crippen LogP contribution >= 0.6 is 11.6 Å². The highest BCUT2D eigenvalue weighted by Gasteiger charge is 2.05. The van der Waals surface area contributed by atoms with Crippen LogP contribution in [0.25, 0.3) is 0 Å². The Morgan fingerprint density at radius 3 is 2.62 bits per heavy atom. The van der Waals surface area contributed by atoms with Crippen molar-refractivity contribution in [3.05, 3.63) is 34.9 Å². The molecule has 0 N–H and O–H groups in total. The number of Topliss-reactive ketones (excluding diaryl/α,β-unsaturated/α-hetero) is 1. The van der Waals surface area contributed by atoms with E-state index in [1.165, 1.54) is 12.1 Å². The van der Waals surface area contributed by atoms with Gasteiger partial charge in [-0.25, -0.2) is 0 Å². The molecule has 0 saturated heterocycles. The zero-order chi connectivity index (χ0) is 9.84. The lowest BCUT2D eigenvalue weighted by molar-refractivity contribution is -0.304. The number of carbonyl (C=O) groups is 2. The molecular weight excluding hydrogens is 192 g/mol. The number of hydrogen-bond donors (Lipinski definition) is 0. The molecule has 68 valence electrons. The maximum absolute atomic E-state index is 11.1. The average Bonchev–Trinajstić information content (AvgIpc) is 2.03. The molecule has 0 atom stereocenters. The van der Waals surface area contributed by atoms with E-state index in [9.17, 15) is 14.7 Å². The van der Waals surface area contributed by atoms with E-state index in [-0.39, 0.29) is 5.56 Å². The largest absolute Gasteiger partial charge is 0.550 e. The molecule has 0 aliphatic carbocycles. The molecule has 1 aromatic rings. The van der Waals surface area contributed by atoms with Gasteiger partial charge in [-0.1, -0.05) is 23.7 Å². The van der Waals surface area contributed by atoms with Crippen molar-refractivity contribution in [2.75, 3.05) is 0 Å². The molecule has 13 heavy (non-hydrogen) atoms. The van der Waals surface area contributed by atoms with Crippen molar-refractivity contribution in [3.8, 4) is 0 Å². The molecule has 0 fully saturated rings. The van der Waals surface area contributed by atoms with Gasteiger partial charge < -0.3 is 9.90 Å². The average molecular weight is 198 g/mol. The van der Waals surface area contributed by atoms with Gasteiger partial charge in [-0.15, -0.1) is 0 Å². The molecule has 4 heteroatoms. The molecule has 0 bridgehead atoms.